The number of nitrogen functional groups attached to an aromatic ring is 1. The van der Waals surface area contributed by atoms with Crippen LogP contribution in [0.3, 0.4) is 0 Å². The summed E-state index contributed by atoms with van der Waals surface area (Å²) in [5, 5.41) is 19.0. The number of benzene rings is 2. The second kappa shape index (κ2) is 13.1. The number of carboxylic acid groups (broad SMARTS) is 1. The third-order valence-corrected chi connectivity index (χ3v) is 6.32. The number of carbonyl (C=O) groups is 2. The number of aliphatic carboxylic acids is 1. The molecule has 0 heterocycles. The Labute approximate surface area is 208 Å². The molecule has 34 heavy (non-hydrogen) atoms. The zero-order chi connectivity index (χ0) is 24.3. The fraction of sp³-hybridized carbons (Fsp3) is 0.400. The molecule has 1 aliphatic carbocycles. The van der Waals surface area contributed by atoms with Gasteiger partial charge in [-0.15, -0.1) is 0 Å². The molecule has 5 N–H and O–H groups in total. The summed E-state index contributed by atoms with van der Waals surface area (Å²) in [4.78, 5) is 28.5. The Morgan fingerprint density at radius 1 is 1.09 bits per heavy atom. The van der Waals surface area contributed by atoms with Crippen molar-refractivity contribution < 1.29 is 19.5 Å². The Balaban J connectivity index is 1.71. The normalized spacial score (nSPS) is 14.6. The van der Waals surface area contributed by atoms with Crippen LogP contribution in [0, 0.1) is 5.92 Å². The van der Waals surface area contributed by atoms with Crippen LogP contribution in [0.15, 0.2) is 52.1 Å². The molecule has 1 fully saturated rings. The monoisotopic (exact) mass is 530 g/mol. The standard InChI is InChI=1S/C25H31BrN4O4/c26-21-9-6-18(7-10-21)25(19-8-11-22(27)20(12-19)14-28-15-24(32)33)30-34-16-23(31)29-13-17-4-2-1-3-5-17/h6-12,17,28H,1-5,13-16,27H2,(H,29,31)(H,32,33). The molecular formula is C25H31BrN4O4. The molecule has 1 amide bonds. The summed E-state index contributed by atoms with van der Waals surface area (Å²) in [7, 11) is 0. The van der Waals surface area contributed by atoms with Crippen LogP contribution in [0.2, 0.25) is 0 Å². The van der Waals surface area contributed by atoms with Crippen molar-refractivity contribution in [3.8, 4) is 0 Å². The lowest BCUT2D eigenvalue weighted by Gasteiger charge is -2.21. The number of nitrogens with two attached hydrogens (primary N) is 1. The van der Waals surface area contributed by atoms with Crippen LogP contribution in [-0.2, 0) is 21.0 Å². The van der Waals surface area contributed by atoms with Crippen LogP contribution in [0.25, 0.3) is 0 Å². The Morgan fingerprint density at radius 2 is 1.79 bits per heavy atom. The second-order valence-electron chi connectivity index (χ2n) is 8.44. The van der Waals surface area contributed by atoms with Gasteiger partial charge in [-0.1, -0.05) is 58.5 Å². The number of nitrogens with zero attached hydrogens (tertiary/aromatic N) is 1. The van der Waals surface area contributed by atoms with E-state index in [0.29, 0.717) is 30.4 Å². The summed E-state index contributed by atoms with van der Waals surface area (Å²) < 4.78 is 0.925. The maximum Gasteiger partial charge on any atom is 0.317 e. The van der Waals surface area contributed by atoms with Crippen LogP contribution >= 0.6 is 15.9 Å². The average molecular weight is 531 g/mol. The molecule has 2 aromatic rings. The summed E-state index contributed by atoms with van der Waals surface area (Å²) in [5.41, 5.74) is 9.46. The van der Waals surface area contributed by atoms with Gasteiger partial charge >= 0.3 is 5.97 Å². The summed E-state index contributed by atoms with van der Waals surface area (Å²) >= 11 is 3.44. The van der Waals surface area contributed by atoms with Crippen LogP contribution in [0.5, 0.6) is 0 Å². The summed E-state index contributed by atoms with van der Waals surface area (Å²) in [6, 6.07) is 13.0. The first kappa shape index (κ1) is 25.7. The highest BCUT2D eigenvalue weighted by molar-refractivity contribution is 9.10. The number of carbonyl (C=O) groups excluding carboxylic acids is 1. The smallest absolute Gasteiger partial charge is 0.317 e. The number of carboxylic acids is 1. The highest BCUT2D eigenvalue weighted by atomic mass is 79.9. The molecule has 8 nitrogen and oxygen atoms in total. The third kappa shape index (κ3) is 8.14. The van der Waals surface area contributed by atoms with Crippen molar-refractivity contribution >= 4 is 39.2 Å². The van der Waals surface area contributed by atoms with Crippen molar-refractivity contribution in [3.63, 3.8) is 0 Å². The molecule has 0 bridgehead atoms. The quantitative estimate of drug-likeness (QED) is 0.199. The van der Waals surface area contributed by atoms with E-state index in [2.05, 4.69) is 31.7 Å². The summed E-state index contributed by atoms with van der Waals surface area (Å²) in [6.07, 6.45) is 6.06. The van der Waals surface area contributed by atoms with Crippen molar-refractivity contribution in [2.75, 3.05) is 25.4 Å². The minimum Gasteiger partial charge on any atom is -0.480 e. The van der Waals surface area contributed by atoms with Crippen molar-refractivity contribution in [1.82, 2.24) is 10.6 Å². The van der Waals surface area contributed by atoms with E-state index in [0.717, 1.165) is 34.0 Å². The molecule has 2 aromatic carbocycles. The molecule has 182 valence electrons. The number of amides is 1. The first-order chi connectivity index (χ1) is 16.4. The fourth-order valence-corrected chi connectivity index (χ4v) is 4.21. The SMILES string of the molecule is Nc1ccc(C(=NOCC(=O)NCC2CCCCC2)c2ccc(Br)cc2)cc1CNCC(=O)O. The molecule has 0 aliphatic heterocycles. The van der Waals surface area contributed by atoms with Crippen molar-refractivity contribution in [2.24, 2.45) is 11.1 Å². The molecule has 3 rings (SSSR count). The Kier molecular flexibility index (Phi) is 9.90. The molecule has 0 spiro atoms. The van der Waals surface area contributed by atoms with E-state index in [1.807, 2.05) is 36.4 Å². The molecule has 9 heteroatoms. The highest BCUT2D eigenvalue weighted by Gasteiger charge is 2.15. The molecule has 0 unspecified atom stereocenters. The molecule has 0 atom stereocenters. The number of hydrogen-bond acceptors (Lipinski definition) is 6. The van der Waals surface area contributed by atoms with E-state index < -0.39 is 5.97 Å². The number of hydrogen-bond donors (Lipinski definition) is 4. The largest absolute Gasteiger partial charge is 0.480 e. The van der Waals surface area contributed by atoms with Gasteiger partial charge in [-0.25, -0.2) is 0 Å². The minimum absolute atomic E-state index is 0.170. The van der Waals surface area contributed by atoms with E-state index in [9.17, 15) is 9.59 Å². The van der Waals surface area contributed by atoms with Gasteiger partial charge in [0.2, 0.25) is 0 Å². The third-order valence-electron chi connectivity index (χ3n) is 5.79. The minimum atomic E-state index is -0.943. The number of nitrogens with one attached hydrogen (secondary N) is 2. The first-order valence-corrected chi connectivity index (χ1v) is 12.3. The van der Waals surface area contributed by atoms with Gasteiger partial charge in [-0.3, -0.25) is 9.59 Å². The lowest BCUT2D eigenvalue weighted by molar-refractivity contribution is -0.136. The van der Waals surface area contributed by atoms with Gasteiger partial charge in [0.25, 0.3) is 5.91 Å². The lowest BCUT2D eigenvalue weighted by Crippen LogP contribution is -2.32. The van der Waals surface area contributed by atoms with Crippen LogP contribution in [0.1, 0.15) is 48.8 Å². The lowest BCUT2D eigenvalue weighted by atomic mass is 9.89. The van der Waals surface area contributed by atoms with Crippen LogP contribution < -0.4 is 16.4 Å². The predicted molar refractivity (Wildman–Crippen MR) is 136 cm³/mol. The molecular weight excluding hydrogens is 500 g/mol. The zero-order valence-electron chi connectivity index (χ0n) is 19.1. The highest BCUT2D eigenvalue weighted by Crippen LogP contribution is 2.23. The van der Waals surface area contributed by atoms with Crippen LogP contribution in [-0.4, -0.2) is 42.4 Å². The number of rotatable bonds is 11. The van der Waals surface area contributed by atoms with Gasteiger partial charge in [-0.05, 0) is 48.6 Å². The van der Waals surface area contributed by atoms with E-state index in [1.165, 1.54) is 19.3 Å². The van der Waals surface area contributed by atoms with Gasteiger partial charge in [0.1, 0.15) is 5.71 Å². The van der Waals surface area contributed by atoms with Crippen molar-refractivity contribution in [3.05, 3.63) is 63.6 Å². The second-order valence-corrected chi connectivity index (χ2v) is 9.35. The number of halogens is 1. The average Bonchev–Trinajstić information content (AvgIpc) is 2.83. The summed E-state index contributed by atoms with van der Waals surface area (Å²) in [6.45, 7) is 0.630. The Hall–Kier alpha value is -2.91. The number of anilines is 1. The Morgan fingerprint density at radius 3 is 2.50 bits per heavy atom. The van der Waals surface area contributed by atoms with Gasteiger partial charge in [0.05, 0.1) is 6.54 Å². The van der Waals surface area contributed by atoms with E-state index >= 15 is 0 Å². The molecule has 0 radical (unpaired) electrons. The first-order valence-electron chi connectivity index (χ1n) is 11.5. The van der Waals surface area contributed by atoms with Crippen molar-refractivity contribution in [2.45, 2.75) is 38.6 Å². The predicted octanol–water partition coefficient (Wildman–Crippen LogP) is 3.67. The zero-order valence-corrected chi connectivity index (χ0v) is 20.6. The molecule has 1 saturated carbocycles. The molecule has 1 aliphatic rings. The van der Waals surface area contributed by atoms with Gasteiger partial charge in [0.15, 0.2) is 6.61 Å². The summed E-state index contributed by atoms with van der Waals surface area (Å²) in [5.74, 6) is -0.593. The van der Waals surface area contributed by atoms with E-state index in [-0.39, 0.29) is 19.1 Å². The van der Waals surface area contributed by atoms with Gasteiger partial charge in [-0.2, -0.15) is 0 Å². The van der Waals surface area contributed by atoms with Crippen LogP contribution in [0.4, 0.5) is 5.69 Å². The topological polar surface area (TPSA) is 126 Å². The number of oxime groups is 1. The van der Waals surface area contributed by atoms with E-state index in [1.54, 1.807) is 6.07 Å². The van der Waals surface area contributed by atoms with E-state index in [4.69, 9.17) is 15.7 Å². The maximum atomic E-state index is 12.3. The van der Waals surface area contributed by atoms with Gasteiger partial charge in [0, 0.05) is 34.4 Å². The maximum absolute atomic E-state index is 12.3. The molecule has 0 saturated heterocycles. The fourth-order valence-electron chi connectivity index (χ4n) is 3.95. The molecule has 0 aromatic heterocycles. The van der Waals surface area contributed by atoms with Gasteiger partial charge < -0.3 is 26.3 Å². The Bertz CT molecular complexity index is 1000. The van der Waals surface area contributed by atoms with Crippen molar-refractivity contribution in [1.29, 1.82) is 0 Å².